The van der Waals surface area contributed by atoms with Gasteiger partial charge in [-0.3, -0.25) is 0 Å². The van der Waals surface area contributed by atoms with Crippen molar-refractivity contribution in [2.75, 3.05) is 6.61 Å². The van der Waals surface area contributed by atoms with Gasteiger partial charge in [0.2, 0.25) is 5.76 Å². The number of furan rings is 1. The van der Waals surface area contributed by atoms with E-state index in [0.29, 0.717) is 40.6 Å². The Balaban J connectivity index is 1.86. The molecular weight excluding hydrogens is 396 g/mol. The average molecular weight is 419 g/mol. The van der Waals surface area contributed by atoms with Gasteiger partial charge >= 0.3 is 12.1 Å². The van der Waals surface area contributed by atoms with Crippen molar-refractivity contribution in [3.63, 3.8) is 0 Å². The summed E-state index contributed by atoms with van der Waals surface area (Å²) in [6.45, 7) is 7.45. The summed E-state index contributed by atoms with van der Waals surface area (Å²) in [7, 11) is 0. The van der Waals surface area contributed by atoms with Crippen LogP contribution in [0.2, 0.25) is 5.02 Å². The second-order valence-corrected chi connectivity index (χ2v) is 7.24. The van der Waals surface area contributed by atoms with Gasteiger partial charge < -0.3 is 13.9 Å². The van der Waals surface area contributed by atoms with Crippen LogP contribution in [-0.4, -0.2) is 24.4 Å². The van der Waals surface area contributed by atoms with Gasteiger partial charge in [0, 0.05) is 22.6 Å². The zero-order valence-electron chi connectivity index (χ0n) is 16.8. The molecule has 0 atom stereocenters. The van der Waals surface area contributed by atoms with E-state index in [9.17, 15) is 9.59 Å². The van der Waals surface area contributed by atoms with Crippen LogP contribution in [0.4, 0.5) is 4.79 Å². The fraction of sp³-hybridized carbons (Fsp3) is 0.381. The maximum Gasteiger partial charge on any atom is 0.427 e. The molecule has 0 unspecified atom stereocenters. The molecule has 1 aromatic carbocycles. The van der Waals surface area contributed by atoms with Crippen LogP contribution in [-0.2, 0) is 11.2 Å². The topological polar surface area (TPSA) is 90.1 Å². The Bertz CT molecular complexity index is 970. The van der Waals surface area contributed by atoms with E-state index in [1.54, 1.807) is 26.0 Å². The summed E-state index contributed by atoms with van der Waals surface area (Å²) in [6.07, 6.45) is 1.51. The zero-order chi connectivity index (χ0) is 21.1. The number of amides is 1. The summed E-state index contributed by atoms with van der Waals surface area (Å²) in [4.78, 5) is 24.3. The predicted octanol–water partition coefficient (Wildman–Crippen LogP) is 4.86. The van der Waals surface area contributed by atoms with Crippen LogP contribution < -0.4 is 10.2 Å². The van der Waals surface area contributed by atoms with Crippen LogP contribution in [0.1, 0.15) is 58.3 Å². The number of rotatable bonds is 4. The Morgan fingerprint density at radius 3 is 2.55 bits per heavy atom. The molecular formula is C21H23ClN2O5. The van der Waals surface area contributed by atoms with E-state index in [1.165, 1.54) is 0 Å². The molecule has 0 saturated heterocycles. The highest BCUT2D eigenvalue weighted by molar-refractivity contribution is 6.32. The molecule has 3 rings (SSSR count). The van der Waals surface area contributed by atoms with Gasteiger partial charge in [-0.2, -0.15) is 5.10 Å². The standard InChI is InChI=1S/C21H23ClN2O5/c1-5-27-21(26)24-23-15-7-6-8-16-17(15)13(4)19(29-16)20(25)28-14-9-11(2)18(22)12(3)10-14/h9-10H,5-8H2,1-4H3,(H,24,26)/b23-15+. The quantitative estimate of drug-likeness (QED) is 0.435. The van der Waals surface area contributed by atoms with Crippen molar-refractivity contribution >= 4 is 29.4 Å². The number of esters is 1. The van der Waals surface area contributed by atoms with Gasteiger partial charge in [-0.1, -0.05) is 11.6 Å². The molecule has 29 heavy (non-hydrogen) atoms. The molecule has 1 heterocycles. The SMILES string of the molecule is CCOC(=O)N/N=C1\CCCc2oc(C(=O)Oc3cc(C)c(Cl)c(C)c3)c(C)c21. The van der Waals surface area contributed by atoms with Gasteiger partial charge in [-0.15, -0.1) is 0 Å². The molecule has 1 aromatic heterocycles. The first-order valence-electron chi connectivity index (χ1n) is 9.42. The molecule has 0 spiro atoms. The first-order valence-corrected chi connectivity index (χ1v) is 9.80. The van der Waals surface area contributed by atoms with Gasteiger partial charge in [0.05, 0.1) is 12.3 Å². The summed E-state index contributed by atoms with van der Waals surface area (Å²) >= 11 is 6.17. The van der Waals surface area contributed by atoms with E-state index >= 15 is 0 Å². The number of hydrogen-bond acceptors (Lipinski definition) is 6. The molecule has 1 amide bonds. The lowest BCUT2D eigenvalue weighted by Gasteiger charge is -2.13. The molecule has 0 radical (unpaired) electrons. The third-order valence-corrected chi connectivity index (χ3v) is 5.29. The molecule has 0 bridgehead atoms. The van der Waals surface area contributed by atoms with E-state index in [-0.39, 0.29) is 12.4 Å². The minimum atomic E-state index is -0.624. The molecule has 0 fully saturated rings. The number of hydrazone groups is 1. The summed E-state index contributed by atoms with van der Waals surface area (Å²) in [5.74, 6) is 0.608. The third kappa shape index (κ3) is 4.45. The highest BCUT2D eigenvalue weighted by Gasteiger charge is 2.29. The monoisotopic (exact) mass is 418 g/mol. The summed E-state index contributed by atoms with van der Waals surface area (Å²) in [6, 6.07) is 3.42. The number of benzene rings is 1. The van der Waals surface area contributed by atoms with Crippen LogP contribution in [0.5, 0.6) is 5.75 Å². The summed E-state index contributed by atoms with van der Waals surface area (Å²) < 4.78 is 16.2. The molecule has 0 saturated carbocycles. The number of nitrogens with one attached hydrogen (secondary N) is 1. The first-order chi connectivity index (χ1) is 13.8. The number of aryl methyl sites for hydroxylation is 3. The number of fused-ring (bicyclic) bond motifs is 1. The molecule has 7 nitrogen and oxygen atoms in total. The van der Waals surface area contributed by atoms with Gasteiger partial charge in [0.25, 0.3) is 0 Å². The number of halogens is 1. The van der Waals surface area contributed by atoms with Crippen molar-refractivity contribution in [1.29, 1.82) is 0 Å². The second kappa shape index (κ2) is 8.69. The van der Waals surface area contributed by atoms with Crippen LogP contribution in [0, 0.1) is 20.8 Å². The summed E-state index contributed by atoms with van der Waals surface area (Å²) in [5.41, 5.74) is 6.05. The number of carbonyl (C=O) groups excluding carboxylic acids is 2. The number of ether oxygens (including phenoxy) is 2. The van der Waals surface area contributed by atoms with Crippen molar-refractivity contribution in [3.8, 4) is 5.75 Å². The number of hydrogen-bond donors (Lipinski definition) is 1. The molecule has 154 valence electrons. The Labute approximate surface area is 174 Å². The fourth-order valence-corrected chi connectivity index (χ4v) is 3.48. The Morgan fingerprint density at radius 1 is 1.21 bits per heavy atom. The molecule has 2 aromatic rings. The minimum Gasteiger partial charge on any atom is -0.453 e. The number of carbonyl (C=O) groups is 2. The number of nitrogens with zero attached hydrogens (tertiary/aromatic N) is 1. The first kappa shape index (κ1) is 20.9. The zero-order valence-corrected chi connectivity index (χ0v) is 17.6. The molecule has 0 aliphatic heterocycles. The smallest absolute Gasteiger partial charge is 0.427 e. The van der Waals surface area contributed by atoms with E-state index in [0.717, 1.165) is 23.1 Å². The fourth-order valence-electron chi connectivity index (χ4n) is 3.37. The lowest BCUT2D eigenvalue weighted by Crippen LogP contribution is -2.22. The van der Waals surface area contributed by atoms with Crippen molar-refractivity contribution in [2.24, 2.45) is 5.10 Å². The van der Waals surface area contributed by atoms with Crippen LogP contribution in [0.15, 0.2) is 21.7 Å². The van der Waals surface area contributed by atoms with Crippen molar-refractivity contribution in [2.45, 2.75) is 47.0 Å². The average Bonchev–Trinajstić information content (AvgIpc) is 3.02. The van der Waals surface area contributed by atoms with Gasteiger partial charge in [-0.05, 0) is 63.8 Å². The van der Waals surface area contributed by atoms with E-state index < -0.39 is 12.1 Å². The maximum atomic E-state index is 12.7. The van der Waals surface area contributed by atoms with E-state index in [2.05, 4.69) is 10.5 Å². The molecule has 1 aliphatic carbocycles. The third-order valence-electron chi connectivity index (χ3n) is 4.69. The highest BCUT2D eigenvalue weighted by atomic mass is 35.5. The predicted molar refractivity (Wildman–Crippen MR) is 109 cm³/mol. The Morgan fingerprint density at radius 2 is 1.90 bits per heavy atom. The highest BCUT2D eigenvalue weighted by Crippen LogP contribution is 2.31. The molecule has 1 N–H and O–H groups in total. The maximum absolute atomic E-state index is 12.7. The van der Waals surface area contributed by atoms with Gasteiger partial charge in [0.15, 0.2) is 0 Å². The van der Waals surface area contributed by atoms with Gasteiger partial charge in [-0.25, -0.2) is 15.0 Å². The van der Waals surface area contributed by atoms with Crippen LogP contribution in [0.3, 0.4) is 0 Å². The van der Waals surface area contributed by atoms with Crippen LogP contribution >= 0.6 is 11.6 Å². The largest absolute Gasteiger partial charge is 0.453 e. The Kier molecular flexibility index (Phi) is 6.27. The Hall–Kier alpha value is -2.80. The summed E-state index contributed by atoms with van der Waals surface area (Å²) in [5, 5.41) is 4.80. The van der Waals surface area contributed by atoms with Gasteiger partial charge in [0.1, 0.15) is 11.5 Å². The van der Waals surface area contributed by atoms with Crippen molar-refractivity contribution in [1.82, 2.24) is 5.43 Å². The van der Waals surface area contributed by atoms with Crippen molar-refractivity contribution in [3.05, 3.63) is 50.9 Å². The molecule has 8 heteroatoms. The normalized spacial score (nSPS) is 14.4. The van der Waals surface area contributed by atoms with Crippen molar-refractivity contribution < 1.29 is 23.5 Å². The van der Waals surface area contributed by atoms with E-state index in [4.69, 9.17) is 25.5 Å². The molecule has 1 aliphatic rings. The van der Waals surface area contributed by atoms with Crippen LogP contribution in [0.25, 0.3) is 0 Å². The second-order valence-electron chi connectivity index (χ2n) is 6.86. The minimum absolute atomic E-state index is 0.131. The van der Waals surface area contributed by atoms with E-state index in [1.807, 2.05) is 13.8 Å². The lowest BCUT2D eigenvalue weighted by atomic mass is 9.93. The lowest BCUT2D eigenvalue weighted by molar-refractivity contribution is 0.0698.